The van der Waals surface area contributed by atoms with Gasteiger partial charge in [0, 0.05) is 31.7 Å². The first kappa shape index (κ1) is 19.0. The van der Waals surface area contributed by atoms with Crippen LogP contribution in [0.1, 0.15) is 36.8 Å². The number of aryl methyl sites for hydroxylation is 1. The second-order valence-electron chi connectivity index (χ2n) is 7.81. The second kappa shape index (κ2) is 8.33. The Morgan fingerprint density at radius 2 is 1.86 bits per heavy atom. The van der Waals surface area contributed by atoms with Crippen molar-refractivity contribution in [1.82, 2.24) is 4.90 Å². The molecule has 0 spiro atoms. The molecule has 4 rings (SSSR count). The maximum atomic E-state index is 11.4. The zero-order valence-electron chi connectivity index (χ0n) is 16.2. The van der Waals surface area contributed by atoms with Gasteiger partial charge in [0.2, 0.25) is 5.91 Å². The van der Waals surface area contributed by atoms with Gasteiger partial charge in [-0.15, -0.1) is 0 Å². The lowest BCUT2D eigenvalue weighted by molar-refractivity contribution is -0.116. The average Bonchev–Trinajstić information content (AvgIpc) is 2.73. The monoisotopic (exact) mass is 380 g/mol. The lowest BCUT2D eigenvalue weighted by Gasteiger charge is -2.38. The second-order valence-corrected chi connectivity index (χ2v) is 7.81. The Bertz CT molecular complexity index is 814. The molecular weight excluding hydrogens is 352 g/mol. The largest absolute Gasteiger partial charge is 0.494 e. The van der Waals surface area contributed by atoms with Gasteiger partial charge < -0.3 is 20.1 Å². The van der Waals surface area contributed by atoms with Gasteiger partial charge in [-0.1, -0.05) is 30.3 Å². The number of aliphatic hydroxyl groups is 1. The number of amides is 1. The highest BCUT2D eigenvalue weighted by Gasteiger charge is 2.33. The van der Waals surface area contributed by atoms with Crippen LogP contribution in [0, 0.1) is 0 Å². The summed E-state index contributed by atoms with van der Waals surface area (Å²) in [7, 11) is 0. The zero-order chi connectivity index (χ0) is 19.4. The summed E-state index contributed by atoms with van der Waals surface area (Å²) in [4.78, 5) is 13.8. The van der Waals surface area contributed by atoms with E-state index in [1.54, 1.807) is 0 Å². The van der Waals surface area contributed by atoms with Gasteiger partial charge in [-0.05, 0) is 55.0 Å². The van der Waals surface area contributed by atoms with Crippen LogP contribution in [0.25, 0.3) is 0 Å². The molecule has 0 unspecified atom stereocenters. The Kier molecular flexibility index (Phi) is 5.64. The topological polar surface area (TPSA) is 61.8 Å². The maximum absolute atomic E-state index is 11.4. The Balaban J connectivity index is 1.20. The number of anilines is 1. The molecule has 2 aromatic rings. The molecule has 2 heterocycles. The number of likely N-dealkylation sites (tertiary alicyclic amines) is 1. The third-order valence-corrected chi connectivity index (χ3v) is 5.85. The van der Waals surface area contributed by atoms with Crippen molar-refractivity contribution in [3.8, 4) is 5.75 Å². The number of fused-ring (bicyclic) bond motifs is 1. The SMILES string of the molecule is O=C1CCc2cc(OCCCN3CCC(O)(c4ccccc4)CC3)ccc2N1. The van der Waals surface area contributed by atoms with Crippen LogP contribution in [0.4, 0.5) is 5.69 Å². The lowest BCUT2D eigenvalue weighted by atomic mass is 9.84. The van der Waals surface area contributed by atoms with Crippen molar-refractivity contribution >= 4 is 11.6 Å². The number of nitrogens with one attached hydrogen (secondary N) is 1. The normalized spacial score (nSPS) is 19.0. The predicted molar refractivity (Wildman–Crippen MR) is 110 cm³/mol. The quantitative estimate of drug-likeness (QED) is 0.755. The fourth-order valence-corrected chi connectivity index (χ4v) is 4.11. The summed E-state index contributed by atoms with van der Waals surface area (Å²) in [5.74, 6) is 0.953. The van der Waals surface area contributed by atoms with E-state index in [9.17, 15) is 9.90 Å². The molecular formula is C23H28N2O3. The van der Waals surface area contributed by atoms with Gasteiger partial charge in [0.05, 0.1) is 12.2 Å². The molecule has 0 radical (unpaired) electrons. The predicted octanol–water partition coefficient (Wildman–Crippen LogP) is 3.32. The van der Waals surface area contributed by atoms with Crippen LogP contribution in [0.5, 0.6) is 5.75 Å². The van der Waals surface area contributed by atoms with Gasteiger partial charge in [-0.25, -0.2) is 0 Å². The molecule has 28 heavy (non-hydrogen) atoms. The van der Waals surface area contributed by atoms with Crippen LogP contribution in [0.3, 0.4) is 0 Å². The van der Waals surface area contributed by atoms with E-state index < -0.39 is 5.60 Å². The van der Waals surface area contributed by atoms with E-state index in [4.69, 9.17) is 4.74 Å². The van der Waals surface area contributed by atoms with Crippen LogP contribution in [-0.4, -0.2) is 42.2 Å². The molecule has 2 aromatic carbocycles. The molecule has 148 valence electrons. The minimum Gasteiger partial charge on any atom is -0.494 e. The molecule has 0 bridgehead atoms. The first-order valence-electron chi connectivity index (χ1n) is 10.2. The van der Waals surface area contributed by atoms with Crippen LogP contribution >= 0.6 is 0 Å². The number of carbonyl (C=O) groups excluding carboxylic acids is 1. The number of hydrogen-bond acceptors (Lipinski definition) is 4. The fourth-order valence-electron chi connectivity index (χ4n) is 4.11. The highest BCUT2D eigenvalue weighted by atomic mass is 16.5. The first-order chi connectivity index (χ1) is 13.6. The molecule has 0 atom stereocenters. The Morgan fingerprint density at radius 3 is 2.64 bits per heavy atom. The third-order valence-electron chi connectivity index (χ3n) is 5.85. The molecule has 0 aliphatic carbocycles. The average molecular weight is 380 g/mol. The number of piperidine rings is 1. The number of ether oxygens (including phenoxy) is 1. The number of nitrogens with zero attached hydrogens (tertiary/aromatic N) is 1. The van der Waals surface area contributed by atoms with Crippen molar-refractivity contribution in [2.75, 3.05) is 31.6 Å². The molecule has 2 N–H and O–H groups in total. The summed E-state index contributed by atoms with van der Waals surface area (Å²) < 4.78 is 5.91. The Morgan fingerprint density at radius 1 is 1.07 bits per heavy atom. The third kappa shape index (κ3) is 4.37. The van der Waals surface area contributed by atoms with E-state index in [-0.39, 0.29) is 5.91 Å². The molecule has 1 amide bonds. The van der Waals surface area contributed by atoms with E-state index >= 15 is 0 Å². The number of carbonyl (C=O) groups is 1. The van der Waals surface area contributed by atoms with Crippen molar-refractivity contribution in [1.29, 1.82) is 0 Å². The maximum Gasteiger partial charge on any atom is 0.224 e. The molecule has 0 aromatic heterocycles. The van der Waals surface area contributed by atoms with Crippen molar-refractivity contribution in [3.63, 3.8) is 0 Å². The molecule has 1 saturated heterocycles. The van der Waals surface area contributed by atoms with E-state index in [1.165, 1.54) is 0 Å². The highest BCUT2D eigenvalue weighted by molar-refractivity contribution is 5.93. The first-order valence-corrected chi connectivity index (χ1v) is 10.2. The van der Waals surface area contributed by atoms with Crippen molar-refractivity contribution in [2.24, 2.45) is 0 Å². The minimum atomic E-state index is -0.688. The fraction of sp³-hybridized carbons (Fsp3) is 0.435. The Labute approximate surface area is 166 Å². The van der Waals surface area contributed by atoms with E-state index in [2.05, 4.69) is 10.2 Å². The van der Waals surface area contributed by atoms with Crippen LogP contribution in [0.2, 0.25) is 0 Å². The van der Waals surface area contributed by atoms with Crippen LogP contribution in [0.15, 0.2) is 48.5 Å². The molecule has 0 saturated carbocycles. The van der Waals surface area contributed by atoms with Crippen molar-refractivity contribution in [2.45, 2.75) is 37.7 Å². The summed E-state index contributed by atoms with van der Waals surface area (Å²) in [5, 5.41) is 13.8. The van der Waals surface area contributed by atoms with Gasteiger partial charge in [-0.3, -0.25) is 4.79 Å². The summed E-state index contributed by atoms with van der Waals surface area (Å²) in [5.41, 5.74) is 2.39. The van der Waals surface area contributed by atoms with Gasteiger partial charge in [0.15, 0.2) is 0 Å². The van der Waals surface area contributed by atoms with E-state index in [1.807, 2.05) is 48.5 Å². The molecule has 2 aliphatic heterocycles. The van der Waals surface area contributed by atoms with Gasteiger partial charge in [0.1, 0.15) is 5.75 Å². The number of rotatable bonds is 6. The molecule has 5 heteroatoms. The molecule has 1 fully saturated rings. The lowest BCUT2D eigenvalue weighted by Crippen LogP contribution is -2.43. The summed E-state index contributed by atoms with van der Waals surface area (Å²) >= 11 is 0. The Hall–Kier alpha value is -2.37. The van der Waals surface area contributed by atoms with Crippen LogP contribution < -0.4 is 10.1 Å². The number of hydrogen-bond donors (Lipinski definition) is 2. The van der Waals surface area contributed by atoms with Gasteiger partial charge in [0.25, 0.3) is 0 Å². The molecule has 5 nitrogen and oxygen atoms in total. The van der Waals surface area contributed by atoms with Crippen molar-refractivity contribution in [3.05, 3.63) is 59.7 Å². The van der Waals surface area contributed by atoms with E-state index in [0.29, 0.717) is 13.0 Å². The highest BCUT2D eigenvalue weighted by Crippen LogP contribution is 2.32. The smallest absolute Gasteiger partial charge is 0.224 e. The van der Waals surface area contributed by atoms with Crippen LogP contribution in [-0.2, 0) is 16.8 Å². The van der Waals surface area contributed by atoms with Gasteiger partial charge >= 0.3 is 0 Å². The summed E-state index contributed by atoms with van der Waals surface area (Å²) in [6, 6.07) is 15.9. The molecule has 2 aliphatic rings. The van der Waals surface area contributed by atoms with Gasteiger partial charge in [-0.2, -0.15) is 0 Å². The standard InChI is InChI=1S/C23H28N2O3/c26-22-10-7-18-17-20(8-9-21(18)24-22)28-16-4-13-25-14-11-23(27,12-15-25)19-5-2-1-3-6-19/h1-3,5-6,8-9,17,27H,4,7,10-16H2,(H,24,26). The number of benzene rings is 2. The summed E-state index contributed by atoms with van der Waals surface area (Å²) in [6.07, 6.45) is 3.82. The van der Waals surface area contributed by atoms with E-state index in [0.717, 1.165) is 67.9 Å². The minimum absolute atomic E-state index is 0.0851. The van der Waals surface area contributed by atoms with Crippen molar-refractivity contribution < 1.29 is 14.6 Å². The zero-order valence-corrected chi connectivity index (χ0v) is 16.2. The summed E-state index contributed by atoms with van der Waals surface area (Å²) in [6.45, 7) is 3.46.